The summed E-state index contributed by atoms with van der Waals surface area (Å²) in [5, 5.41) is 12.1. The fraction of sp³-hybridized carbons (Fsp3) is 0.857. The number of hydrogen-bond acceptors (Lipinski definition) is 3. The van der Waals surface area contributed by atoms with Crippen LogP contribution < -0.4 is 11.1 Å². The lowest BCUT2D eigenvalue weighted by atomic mass is 10.1. The van der Waals surface area contributed by atoms with Gasteiger partial charge in [-0.25, -0.2) is 0 Å². The van der Waals surface area contributed by atoms with Crippen LogP contribution in [-0.4, -0.2) is 29.7 Å². The zero-order chi connectivity index (χ0) is 8.91. The number of amides is 1. The van der Waals surface area contributed by atoms with Crippen molar-refractivity contribution in [3.63, 3.8) is 0 Å². The molecule has 0 fully saturated rings. The number of primary amides is 1. The maximum atomic E-state index is 10.2. The lowest BCUT2D eigenvalue weighted by Crippen LogP contribution is -2.36. The van der Waals surface area contributed by atoms with Gasteiger partial charge >= 0.3 is 0 Å². The molecule has 0 heterocycles. The average Bonchev–Trinajstić information content (AvgIpc) is 1.78. The van der Waals surface area contributed by atoms with Gasteiger partial charge in [0, 0.05) is 19.5 Å². The number of nitrogens with two attached hydrogens (primary N) is 1. The molecule has 4 heteroatoms. The molecule has 4 nitrogen and oxygen atoms in total. The van der Waals surface area contributed by atoms with Crippen LogP contribution in [0.5, 0.6) is 0 Å². The molecule has 0 atom stereocenters. The van der Waals surface area contributed by atoms with Gasteiger partial charge in [-0.3, -0.25) is 4.79 Å². The Hall–Kier alpha value is -0.610. The van der Waals surface area contributed by atoms with E-state index in [9.17, 15) is 9.90 Å². The van der Waals surface area contributed by atoms with E-state index in [-0.39, 0.29) is 5.91 Å². The maximum Gasteiger partial charge on any atom is 0.218 e. The molecule has 0 aliphatic rings. The van der Waals surface area contributed by atoms with Crippen LogP contribution in [0.1, 0.15) is 20.3 Å². The first-order chi connectivity index (χ1) is 4.92. The van der Waals surface area contributed by atoms with Crippen molar-refractivity contribution in [2.24, 2.45) is 5.73 Å². The van der Waals surface area contributed by atoms with Gasteiger partial charge in [0.15, 0.2) is 0 Å². The zero-order valence-electron chi connectivity index (χ0n) is 7.05. The molecule has 0 aromatic carbocycles. The van der Waals surface area contributed by atoms with Gasteiger partial charge in [-0.15, -0.1) is 0 Å². The lowest BCUT2D eigenvalue weighted by Gasteiger charge is -2.17. The summed E-state index contributed by atoms with van der Waals surface area (Å²) in [5.41, 5.74) is 4.18. The summed E-state index contributed by atoms with van der Waals surface area (Å²) in [5.74, 6) is -0.326. The van der Waals surface area contributed by atoms with Gasteiger partial charge in [0.1, 0.15) is 0 Å². The van der Waals surface area contributed by atoms with Gasteiger partial charge in [-0.2, -0.15) is 0 Å². The van der Waals surface area contributed by atoms with Crippen LogP contribution in [0.2, 0.25) is 0 Å². The first-order valence-corrected chi connectivity index (χ1v) is 3.63. The Morgan fingerprint density at radius 3 is 2.55 bits per heavy atom. The van der Waals surface area contributed by atoms with E-state index < -0.39 is 5.60 Å². The second-order valence-electron chi connectivity index (χ2n) is 3.21. The highest BCUT2D eigenvalue weighted by atomic mass is 16.3. The summed E-state index contributed by atoms with van der Waals surface area (Å²) >= 11 is 0. The summed E-state index contributed by atoms with van der Waals surface area (Å²) in [4.78, 5) is 10.2. The highest BCUT2D eigenvalue weighted by Crippen LogP contribution is 1.96. The normalized spacial score (nSPS) is 11.5. The van der Waals surface area contributed by atoms with E-state index in [2.05, 4.69) is 5.32 Å². The minimum Gasteiger partial charge on any atom is -0.389 e. The molecule has 4 N–H and O–H groups in total. The Morgan fingerprint density at radius 2 is 2.18 bits per heavy atom. The van der Waals surface area contributed by atoms with E-state index in [1.807, 2.05) is 0 Å². The summed E-state index contributed by atoms with van der Waals surface area (Å²) in [6, 6.07) is 0. The van der Waals surface area contributed by atoms with Crippen LogP contribution in [-0.2, 0) is 4.79 Å². The molecule has 0 unspecified atom stereocenters. The monoisotopic (exact) mass is 160 g/mol. The summed E-state index contributed by atoms with van der Waals surface area (Å²) in [6.07, 6.45) is 0.316. The standard InChI is InChI=1S/C7H16N2O2/c1-7(2,11)5-9-4-3-6(8)10/h9,11H,3-5H2,1-2H3,(H2,8,10). The number of hydrogen-bond donors (Lipinski definition) is 3. The number of carbonyl (C=O) groups is 1. The molecule has 0 aliphatic heterocycles. The fourth-order valence-electron chi connectivity index (χ4n) is 0.606. The largest absolute Gasteiger partial charge is 0.389 e. The molecule has 0 bridgehead atoms. The van der Waals surface area contributed by atoms with Crippen molar-refractivity contribution >= 4 is 5.91 Å². The van der Waals surface area contributed by atoms with Gasteiger partial charge in [0.25, 0.3) is 0 Å². The van der Waals surface area contributed by atoms with Crippen LogP contribution in [0.15, 0.2) is 0 Å². The fourth-order valence-corrected chi connectivity index (χ4v) is 0.606. The molecule has 0 aliphatic carbocycles. The maximum absolute atomic E-state index is 10.2. The quantitative estimate of drug-likeness (QED) is 0.462. The van der Waals surface area contributed by atoms with Gasteiger partial charge in [-0.05, 0) is 13.8 Å². The Kier molecular flexibility index (Phi) is 4.07. The minimum absolute atomic E-state index is 0.316. The van der Waals surface area contributed by atoms with Crippen LogP contribution in [0.25, 0.3) is 0 Å². The summed E-state index contributed by atoms with van der Waals surface area (Å²) in [6.45, 7) is 4.40. The SMILES string of the molecule is CC(C)(O)CNCCC(N)=O. The van der Waals surface area contributed by atoms with Crippen LogP contribution in [0, 0.1) is 0 Å². The van der Waals surface area contributed by atoms with Gasteiger partial charge < -0.3 is 16.2 Å². The molecule has 66 valence electrons. The van der Waals surface area contributed by atoms with Crippen molar-refractivity contribution in [1.82, 2.24) is 5.32 Å². The van der Waals surface area contributed by atoms with E-state index in [0.29, 0.717) is 19.5 Å². The van der Waals surface area contributed by atoms with E-state index in [1.165, 1.54) is 0 Å². The number of aliphatic hydroxyl groups is 1. The number of carbonyl (C=O) groups excluding carboxylic acids is 1. The lowest BCUT2D eigenvalue weighted by molar-refractivity contribution is -0.117. The first kappa shape index (κ1) is 10.4. The van der Waals surface area contributed by atoms with Crippen molar-refractivity contribution in [2.45, 2.75) is 25.9 Å². The number of rotatable bonds is 5. The third kappa shape index (κ3) is 9.39. The van der Waals surface area contributed by atoms with Crippen molar-refractivity contribution in [3.05, 3.63) is 0 Å². The molecule has 0 radical (unpaired) electrons. The van der Waals surface area contributed by atoms with Gasteiger partial charge in [-0.1, -0.05) is 0 Å². The molecule has 0 aromatic heterocycles. The summed E-state index contributed by atoms with van der Waals surface area (Å²) < 4.78 is 0. The third-order valence-electron chi connectivity index (χ3n) is 1.11. The summed E-state index contributed by atoms with van der Waals surface area (Å²) in [7, 11) is 0. The highest BCUT2D eigenvalue weighted by molar-refractivity contribution is 5.73. The predicted octanol–water partition coefficient (Wildman–Crippen LogP) is -0.778. The Bertz CT molecular complexity index is 129. The third-order valence-corrected chi connectivity index (χ3v) is 1.11. The van der Waals surface area contributed by atoms with Crippen molar-refractivity contribution in [1.29, 1.82) is 0 Å². The average molecular weight is 160 g/mol. The molecule has 1 amide bonds. The minimum atomic E-state index is -0.725. The van der Waals surface area contributed by atoms with E-state index >= 15 is 0 Å². The van der Waals surface area contributed by atoms with Crippen LogP contribution >= 0.6 is 0 Å². The van der Waals surface area contributed by atoms with Crippen LogP contribution in [0.3, 0.4) is 0 Å². The molecular formula is C7H16N2O2. The van der Waals surface area contributed by atoms with E-state index in [1.54, 1.807) is 13.8 Å². The van der Waals surface area contributed by atoms with Crippen LogP contribution in [0.4, 0.5) is 0 Å². The predicted molar refractivity (Wildman–Crippen MR) is 43.0 cm³/mol. The second-order valence-corrected chi connectivity index (χ2v) is 3.21. The van der Waals surface area contributed by atoms with Gasteiger partial charge in [0.05, 0.1) is 5.60 Å². The number of nitrogens with one attached hydrogen (secondary N) is 1. The Morgan fingerprint density at radius 1 is 1.64 bits per heavy atom. The van der Waals surface area contributed by atoms with E-state index in [4.69, 9.17) is 5.73 Å². The molecule has 0 saturated carbocycles. The smallest absolute Gasteiger partial charge is 0.218 e. The zero-order valence-corrected chi connectivity index (χ0v) is 7.05. The highest BCUT2D eigenvalue weighted by Gasteiger charge is 2.10. The Balaban J connectivity index is 3.22. The first-order valence-electron chi connectivity index (χ1n) is 3.63. The van der Waals surface area contributed by atoms with Crippen molar-refractivity contribution in [3.8, 4) is 0 Å². The van der Waals surface area contributed by atoms with E-state index in [0.717, 1.165) is 0 Å². The van der Waals surface area contributed by atoms with Crippen molar-refractivity contribution in [2.75, 3.05) is 13.1 Å². The topological polar surface area (TPSA) is 75.3 Å². The Labute approximate surface area is 66.8 Å². The second kappa shape index (κ2) is 4.31. The molecular weight excluding hydrogens is 144 g/mol. The molecule has 0 rings (SSSR count). The molecule has 11 heavy (non-hydrogen) atoms. The van der Waals surface area contributed by atoms with Gasteiger partial charge in [0.2, 0.25) is 5.91 Å². The molecule has 0 aromatic rings. The van der Waals surface area contributed by atoms with Crippen molar-refractivity contribution < 1.29 is 9.90 Å². The molecule has 0 spiro atoms. The molecule has 0 saturated heterocycles.